The minimum absolute atomic E-state index is 0.112. The minimum Gasteiger partial charge on any atom is -0.480 e. The lowest BCUT2D eigenvalue weighted by molar-refractivity contribution is -0.149. The molecule has 0 fully saturated rings. The third-order valence-electron chi connectivity index (χ3n) is 4.05. The summed E-state index contributed by atoms with van der Waals surface area (Å²) in [6.07, 6.45) is 0.710. The number of benzene rings is 1. The molecular formula is C17H25NO3. The van der Waals surface area contributed by atoms with Crippen molar-refractivity contribution >= 4 is 11.9 Å². The molecule has 1 aromatic carbocycles. The summed E-state index contributed by atoms with van der Waals surface area (Å²) in [7, 11) is 1.58. The molecule has 4 heteroatoms. The van der Waals surface area contributed by atoms with Crippen molar-refractivity contribution in [2.75, 3.05) is 7.05 Å². The van der Waals surface area contributed by atoms with Crippen LogP contribution in [0.15, 0.2) is 30.3 Å². The van der Waals surface area contributed by atoms with E-state index in [0.717, 1.165) is 5.56 Å². The third kappa shape index (κ3) is 5.21. The van der Waals surface area contributed by atoms with Gasteiger partial charge in [0.2, 0.25) is 5.91 Å². The average molecular weight is 291 g/mol. The van der Waals surface area contributed by atoms with E-state index in [1.807, 2.05) is 37.3 Å². The molecule has 0 aliphatic carbocycles. The van der Waals surface area contributed by atoms with Crippen molar-refractivity contribution < 1.29 is 14.7 Å². The maximum Gasteiger partial charge on any atom is 0.326 e. The normalized spacial score (nSPS) is 13.8. The minimum atomic E-state index is -0.966. The lowest BCUT2D eigenvalue weighted by Gasteiger charge is -2.27. The van der Waals surface area contributed by atoms with Crippen molar-refractivity contribution in [3.8, 4) is 0 Å². The van der Waals surface area contributed by atoms with Crippen molar-refractivity contribution in [3.05, 3.63) is 35.9 Å². The quantitative estimate of drug-likeness (QED) is 0.840. The lowest BCUT2D eigenvalue weighted by Crippen LogP contribution is -2.44. The molecule has 116 valence electrons. The number of likely N-dealkylation sites (N-methyl/N-ethyl adjacent to an activating group) is 1. The van der Waals surface area contributed by atoms with Gasteiger partial charge in [0, 0.05) is 19.9 Å². The van der Waals surface area contributed by atoms with Crippen molar-refractivity contribution in [1.29, 1.82) is 0 Å². The number of carboxylic acids is 1. The van der Waals surface area contributed by atoms with Gasteiger partial charge in [0.25, 0.3) is 0 Å². The van der Waals surface area contributed by atoms with Gasteiger partial charge in [-0.1, -0.05) is 51.1 Å². The SMILES string of the molecule is CC(C)C(C)CC(=O)N(C)C(Cc1ccccc1)C(=O)O. The summed E-state index contributed by atoms with van der Waals surface area (Å²) in [6, 6.07) is 8.57. The van der Waals surface area contributed by atoms with E-state index < -0.39 is 12.0 Å². The zero-order valence-corrected chi connectivity index (χ0v) is 13.2. The molecule has 21 heavy (non-hydrogen) atoms. The van der Waals surface area contributed by atoms with Crippen LogP contribution in [0.4, 0.5) is 0 Å². The number of hydrogen-bond acceptors (Lipinski definition) is 2. The lowest BCUT2D eigenvalue weighted by atomic mass is 9.94. The van der Waals surface area contributed by atoms with E-state index in [0.29, 0.717) is 18.8 Å². The summed E-state index contributed by atoms with van der Waals surface area (Å²) in [5.74, 6) is -0.433. The van der Waals surface area contributed by atoms with Gasteiger partial charge in [0.1, 0.15) is 6.04 Å². The number of amides is 1. The van der Waals surface area contributed by atoms with Gasteiger partial charge in [-0.3, -0.25) is 4.79 Å². The predicted octanol–water partition coefficient (Wildman–Crippen LogP) is 2.82. The van der Waals surface area contributed by atoms with Crippen molar-refractivity contribution in [1.82, 2.24) is 4.90 Å². The van der Waals surface area contributed by atoms with Crippen LogP contribution < -0.4 is 0 Å². The second-order valence-corrected chi connectivity index (χ2v) is 5.97. The van der Waals surface area contributed by atoms with Gasteiger partial charge in [-0.2, -0.15) is 0 Å². The maximum atomic E-state index is 12.3. The van der Waals surface area contributed by atoms with Gasteiger partial charge in [0.05, 0.1) is 0 Å². The Morgan fingerprint density at radius 2 is 1.71 bits per heavy atom. The summed E-state index contributed by atoms with van der Waals surface area (Å²) in [5, 5.41) is 9.40. The molecule has 0 saturated heterocycles. The van der Waals surface area contributed by atoms with Gasteiger partial charge in [-0.05, 0) is 17.4 Å². The zero-order chi connectivity index (χ0) is 16.0. The first-order chi connectivity index (χ1) is 9.82. The van der Waals surface area contributed by atoms with Crippen LogP contribution >= 0.6 is 0 Å². The molecule has 0 aliphatic heterocycles. The van der Waals surface area contributed by atoms with Crippen LogP contribution in [-0.2, 0) is 16.0 Å². The van der Waals surface area contributed by atoms with E-state index in [1.165, 1.54) is 4.90 Å². The molecule has 0 bridgehead atoms. The van der Waals surface area contributed by atoms with Crippen LogP contribution in [0, 0.1) is 11.8 Å². The van der Waals surface area contributed by atoms with Gasteiger partial charge < -0.3 is 10.0 Å². The highest BCUT2D eigenvalue weighted by molar-refractivity contribution is 5.83. The van der Waals surface area contributed by atoms with Gasteiger partial charge in [0.15, 0.2) is 0 Å². The molecule has 0 heterocycles. The number of rotatable bonds is 7. The van der Waals surface area contributed by atoms with Gasteiger partial charge in [-0.15, -0.1) is 0 Å². The Hall–Kier alpha value is -1.84. The molecule has 0 saturated carbocycles. The molecular weight excluding hydrogens is 266 g/mol. The van der Waals surface area contributed by atoms with Gasteiger partial charge >= 0.3 is 5.97 Å². The number of hydrogen-bond donors (Lipinski definition) is 1. The fraction of sp³-hybridized carbons (Fsp3) is 0.529. The highest BCUT2D eigenvalue weighted by Gasteiger charge is 2.27. The second kappa shape index (κ2) is 7.81. The van der Waals surface area contributed by atoms with E-state index in [2.05, 4.69) is 13.8 Å². The van der Waals surface area contributed by atoms with Gasteiger partial charge in [-0.25, -0.2) is 4.79 Å². The molecule has 2 unspecified atom stereocenters. The zero-order valence-electron chi connectivity index (χ0n) is 13.2. The maximum absolute atomic E-state index is 12.3. The number of carbonyl (C=O) groups is 2. The summed E-state index contributed by atoms with van der Waals surface area (Å²) in [5.41, 5.74) is 0.918. The van der Waals surface area contributed by atoms with E-state index in [1.54, 1.807) is 7.05 Å². The molecule has 1 aromatic rings. The van der Waals surface area contributed by atoms with E-state index in [-0.39, 0.29) is 11.8 Å². The molecule has 0 radical (unpaired) electrons. The average Bonchev–Trinajstić information content (AvgIpc) is 2.44. The Balaban J connectivity index is 2.76. The third-order valence-corrected chi connectivity index (χ3v) is 4.05. The number of nitrogens with zero attached hydrogens (tertiary/aromatic N) is 1. The first-order valence-corrected chi connectivity index (χ1v) is 7.35. The fourth-order valence-corrected chi connectivity index (χ4v) is 2.06. The van der Waals surface area contributed by atoms with Crippen LogP contribution in [0.1, 0.15) is 32.8 Å². The molecule has 4 nitrogen and oxygen atoms in total. The second-order valence-electron chi connectivity index (χ2n) is 5.97. The number of carboxylic acid groups (broad SMARTS) is 1. The smallest absolute Gasteiger partial charge is 0.326 e. The number of aliphatic carboxylic acids is 1. The molecule has 0 spiro atoms. The monoisotopic (exact) mass is 291 g/mol. The van der Waals surface area contributed by atoms with Crippen molar-refractivity contribution in [2.24, 2.45) is 11.8 Å². The largest absolute Gasteiger partial charge is 0.480 e. The predicted molar refractivity (Wildman–Crippen MR) is 83.0 cm³/mol. The Labute approximate surface area is 126 Å². The molecule has 1 amide bonds. The highest BCUT2D eigenvalue weighted by atomic mass is 16.4. The summed E-state index contributed by atoms with van der Waals surface area (Å²) in [4.78, 5) is 25.1. The van der Waals surface area contributed by atoms with Crippen LogP contribution in [0.5, 0.6) is 0 Å². The summed E-state index contributed by atoms with van der Waals surface area (Å²) in [6.45, 7) is 6.15. The van der Waals surface area contributed by atoms with Crippen molar-refractivity contribution in [3.63, 3.8) is 0 Å². The Morgan fingerprint density at radius 1 is 1.14 bits per heavy atom. The molecule has 1 rings (SSSR count). The molecule has 0 aliphatic rings. The van der Waals surface area contributed by atoms with Crippen LogP contribution in [-0.4, -0.2) is 35.0 Å². The fourth-order valence-electron chi connectivity index (χ4n) is 2.06. The first kappa shape index (κ1) is 17.2. The Morgan fingerprint density at radius 3 is 2.19 bits per heavy atom. The standard InChI is InChI=1S/C17H25NO3/c1-12(2)13(3)10-16(19)18(4)15(17(20)21)11-14-8-6-5-7-9-14/h5-9,12-13,15H,10-11H2,1-4H3,(H,20,21). The molecule has 1 N–H and O–H groups in total. The van der Waals surface area contributed by atoms with E-state index in [4.69, 9.17) is 0 Å². The topological polar surface area (TPSA) is 57.6 Å². The van der Waals surface area contributed by atoms with E-state index in [9.17, 15) is 14.7 Å². The van der Waals surface area contributed by atoms with Crippen LogP contribution in [0.25, 0.3) is 0 Å². The van der Waals surface area contributed by atoms with E-state index >= 15 is 0 Å². The summed E-state index contributed by atoms with van der Waals surface area (Å²) >= 11 is 0. The Kier molecular flexibility index (Phi) is 6.40. The highest BCUT2D eigenvalue weighted by Crippen LogP contribution is 2.17. The first-order valence-electron chi connectivity index (χ1n) is 7.35. The summed E-state index contributed by atoms with van der Waals surface area (Å²) < 4.78 is 0. The van der Waals surface area contributed by atoms with Crippen molar-refractivity contribution in [2.45, 2.75) is 39.7 Å². The van der Waals surface area contributed by atoms with Crippen LogP contribution in [0.2, 0.25) is 0 Å². The molecule has 0 aromatic heterocycles. The number of carbonyl (C=O) groups excluding carboxylic acids is 1. The Bertz CT molecular complexity index is 470. The van der Waals surface area contributed by atoms with Crippen LogP contribution in [0.3, 0.4) is 0 Å². The molecule has 2 atom stereocenters.